The van der Waals surface area contributed by atoms with E-state index in [9.17, 15) is 4.79 Å². The van der Waals surface area contributed by atoms with Gasteiger partial charge in [0.25, 0.3) is 5.91 Å². The normalized spacial score (nSPS) is 18.8. The third-order valence-electron chi connectivity index (χ3n) is 3.11. The summed E-state index contributed by atoms with van der Waals surface area (Å²) in [5.41, 5.74) is 0.935. The molecule has 5 nitrogen and oxygen atoms in total. The number of carbonyl (C=O) groups is 1. The molecule has 0 bridgehead atoms. The second-order valence-electron chi connectivity index (χ2n) is 4.62. The highest BCUT2D eigenvalue weighted by Gasteiger charge is 2.30. The molecule has 1 aromatic carbocycles. The molecule has 19 heavy (non-hydrogen) atoms. The molecule has 0 fully saturated rings. The molecular weight excluding hydrogens is 242 g/mol. The summed E-state index contributed by atoms with van der Waals surface area (Å²) >= 11 is 0. The van der Waals surface area contributed by atoms with E-state index in [1.165, 1.54) is 0 Å². The minimum Gasteiger partial charge on any atom is -0.477 e. The van der Waals surface area contributed by atoms with Crippen LogP contribution in [0.2, 0.25) is 0 Å². The van der Waals surface area contributed by atoms with Gasteiger partial charge in [-0.2, -0.15) is 5.26 Å². The van der Waals surface area contributed by atoms with Crippen LogP contribution in [0.4, 0.5) is 5.69 Å². The zero-order chi connectivity index (χ0) is 13.8. The van der Waals surface area contributed by atoms with Gasteiger partial charge in [0.15, 0.2) is 6.10 Å². The van der Waals surface area contributed by atoms with Crippen molar-refractivity contribution in [3.63, 3.8) is 0 Å². The first-order valence-corrected chi connectivity index (χ1v) is 6.27. The number of rotatable bonds is 3. The van der Waals surface area contributed by atoms with Crippen LogP contribution in [0, 0.1) is 17.2 Å². The highest BCUT2D eigenvalue weighted by Crippen LogP contribution is 2.33. The van der Waals surface area contributed by atoms with Gasteiger partial charge in [0.05, 0.1) is 24.2 Å². The molecule has 1 heterocycles. The quantitative estimate of drug-likeness (QED) is 0.884. The Morgan fingerprint density at radius 3 is 3.05 bits per heavy atom. The molecule has 2 rings (SSSR count). The molecule has 0 saturated heterocycles. The number of nitrogens with one attached hydrogen (secondary N) is 1. The fraction of sp³-hybridized carbons (Fsp3) is 0.429. The number of carbonyl (C=O) groups excluding carboxylic acids is 1. The first kappa shape index (κ1) is 13.2. The molecule has 0 aliphatic carbocycles. The Kier molecular flexibility index (Phi) is 3.91. The van der Waals surface area contributed by atoms with Gasteiger partial charge in [-0.1, -0.05) is 12.1 Å². The lowest BCUT2D eigenvalue weighted by Crippen LogP contribution is -2.49. The van der Waals surface area contributed by atoms with E-state index in [0.29, 0.717) is 18.8 Å². The molecule has 0 unspecified atom stereocenters. The Morgan fingerprint density at radius 2 is 2.37 bits per heavy atom. The van der Waals surface area contributed by atoms with E-state index in [1.807, 2.05) is 36.1 Å². The Balaban J connectivity index is 2.26. The van der Waals surface area contributed by atoms with Crippen LogP contribution in [0.3, 0.4) is 0 Å². The number of para-hydroxylation sites is 2. The van der Waals surface area contributed by atoms with E-state index in [4.69, 9.17) is 10.00 Å². The van der Waals surface area contributed by atoms with Gasteiger partial charge >= 0.3 is 0 Å². The van der Waals surface area contributed by atoms with Gasteiger partial charge in [0.2, 0.25) is 0 Å². The van der Waals surface area contributed by atoms with Crippen LogP contribution >= 0.6 is 0 Å². The lowest BCUT2D eigenvalue weighted by Gasteiger charge is -2.35. The summed E-state index contributed by atoms with van der Waals surface area (Å²) in [6, 6.07) is 9.80. The number of anilines is 1. The summed E-state index contributed by atoms with van der Waals surface area (Å²) < 4.78 is 5.69. The van der Waals surface area contributed by atoms with E-state index in [-0.39, 0.29) is 11.8 Å². The van der Waals surface area contributed by atoms with E-state index < -0.39 is 6.10 Å². The molecule has 0 spiro atoms. The maximum atomic E-state index is 11.7. The van der Waals surface area contributed by atoms with Crippen LogP contribution in [0.25, 0.3) is 0 Å². The van der Waals surface area contributed by atoms with Crippen LogP contribution in [0.1, 0.15) is 6.92 Å². The molecule has 100 valence electrons. The lowest BCUT2D eigenvalue weighted by atomic mass is 10.1. The summed E-state index contributed by atoms with van der Waals surface area (Å²) in [5, 5.41) is 11.5. The Hall–Kier alpha value is -2.22. The summed E-state index contributed by atoms with van der Waals surface area (Å²) in [5.74, 6) is 0.438. The van der Waals surface area contributed by atoms with Gasteiger partial charge in [0, 0.05) is 13.6 Å². The number of hydrogen-bond acceptors (Lipinski definition) is 4. The summed E-state index contributed by atoms with van der Waals surface area (Å²) in [6.07, 6.45) is -0.536. The molecule has 5 heteroatoms. The molecule has 1 amide bonds. The Bertz CT molecular complexity index is 510. The molecule has 1 aliphatic heterocycles. The molecular formula is C14H17N3O2. The number of nitrogens with zero attached hydrogens (tertiary/aromatic N) is 2. The zero-order valence-electron chi connectivity index (χ0n) is 11.1. The van der Waals surface area contributed by atoms with Gasteiger partial charge in [0.1, 0.15) is 5.75 Å². The first-order chi connectivity index (χ1) is 9.15. The lowest BCUT2D eigenvalue weighted by molar-refractivity contribution is -0.127. The van der Waals surface area contributed by atoms with Crippen molar-refractivity contribution in [2.24, 2.45) is 5.92 Å². The number of amides is 1. The summed E-state index contributed by atoms with van der Waals surface area (Å²) in [4.78, 5) is 13.8. The summed E-state index contributed by atoms with van der Waals surface area (Å²) in [7, 11) is 1.59. The van der Waals surface area contributed by atoms with Crippen LogP contribution in [0.5, 0.6) is 5.75 Å². The average Bonchev–Trinajstić information content (AvgIpc) is 2.46. The van der Waals surface area contributed by atoms with Crippen LogP contribution in [-0.2, 0) is 4.79 Å². The molecule has 0 saturated carbocycles. The number of fused-ring (bicyclic) bond motifs is 1. The topological polar surface area (TPSA) is 65.4 Å². The predicted octanol–water partition coefficient (Wildman–Crippen LogP) is 1.16. The molecule has 2 atom stereocenters. The molecule has 0 aromatic heterocycles. The van der Waals surface area contributed by atoms with Crippen molar-refractivity contribution in [2.45, 2.75) is 13.0 Å². The standard InChI is InChI=1S/C14H17N3O2/c1-10(7-15)8-17-9-13(14(18)16-2)19-12-6-4-3-5-11(12)17/h3-6,10,13H,8-9H2,1-2H3,(H,16,18)/t10-,13+/m0/s1. The molecule has 1 N–H and O–H groups in total. The first-order valence-electron chi connectivity index (χ1n) is 6.27. The van der Waals surface area contributed by atoms with Crippen molar-refractivity contribution < 1.29 is 9.53 Å². The Labute approximate surface area is 112 Å². The SMILES string of the molecule is CNC(=O)[C@H]1CN(C[C@@H](C)C#N)c2ccccc2O1. The number of likely N-dealkylation sites (N-methyl/N-ethyl adjacent to an activating group) is 1. The fourth-order valence-electron chi connectivity index (χ4n) is 2.15. The van der Waals surface area contributed by atoms with Crippen molar-refractivity contribution in [3.05, 3.63) is 24.3 Å². The second kappa shape index (κ2) is 5.61. The Morgan fingerprint density at radius 1 is 1.63 bits per heavy atom. The largest absolute Gasteiger partial charge is 0.477 e. The molecule has 1 aromatic rings. The maximum absolute atomic E-state index is 11.7. The molecule has 1 aliphatic rings. The number of ether oxygens (including phenoxy) is 1. The van der Waals surface area contributed by atoms with Gasteiger partial charge in [-0.05, 0) is 19.1 Å². The monoisotopic (exact) mass is 259 g/mol. The van der Waals surface area contributed by atoms with E-state index in [2.05, 4.69) is 11.4 Å². The fourth-order valence-corrected chi connectivity index (χ4v) is 2.15. The van der Waals surface area contributed by atoms with Crippen molar-refractivity contribution in [2.75, 3.05) is 25.0 Å². The third-order valence-corrected chi connectivity index (χ3v) is 3.11. The van der Waals surface area contributed by atoms with Crippen LogP contribution in [-0.4, -0.2) is 32.1 Å². The number of benzene rings is 1. The second-order valence-corrected chi connectivity index (χ2v) is 4.62. The zero-order valence-corrected chi connectivity index (χ0v) is 11.1. The number of hydrogen-bond donors (Lipinski definition) is 1. The highest BCUT2D eigenvalue weighted by molar-refractivity contribution is 5.83. The van der Waals surface area contributed by atoms with Crippen LogP contribution in [0.15, 0.2) is 24.3 Å². The average molecular weight is 259 g/mol. The smallest absolute Gasteiger partial charge is 0.262 e. The highest BCUT2D eigenvalue weighted by atomic mass is 16.5. The van der Waals surface area contributed by atoms with E-state index in [1.54, 1.807) is 7.05 Å². The van der Waals surface area contributed by atoms with Crippen LogP contribution < -0.4 is 15.0 Å². The minimum absolute atomic E-state index is 0.100. The minimum atomic E-state index is -0.536. The predicted molar refractivity (Wildman–Crippen MR) is 71.9 cm³/mol. The summed E-state index contributed by atoms with van der Waals surface area (Å²) in [6.45, 7) is 2.92. The third kappa shape index (κ3) is 2.79. The number of nitriles is 1. The van der Waals surface area contributed by atoms with Crippen molar-refractivity contribution in [3.8, 4) is 11.8 Å². The van der Waals surface area contributed by atoms with Gasteiger partial charge in [-0.3, -0.25) is 4.79 Å². The van der Waals surface area contributed by atoms with Gasteiger partial charge in [-0.15, -0.1) is 0 Å². The maximum Gasteiger partial charge on any atom is 0.262 e. The van der Waals surface area contributed by atoms with E-state index in [0.717, 1.165) is 5.69 Å². The van der Waals surface area contributed by atoms with Crippen molar-refractivity contribution in [1.82, 2.24) is 5.32 Å². The van der Waals surface area contributed by atoms with Gasteiger partial charge in [-0.25, -0.2) is 0 Å². The van der Waals surface area contributed by atoms with Gasteiger partial charge < -0.3 is 15.0 Å². The van der Waals surface area contributed by atoms with Crippen molar-refractivity contribution in [1.29, 1.82) is 5.26 Å². The molecule has 0 radical (unpaired) electrons. The van der Waals surface area contributed by atoms with E-state index >= 15 is 0 Å². The van der Waals surface area contributed by atoms with Crippen molar-refractivity contribution >= 4 is 11.6 Å².